The molecule has 43 heavy (non-hydrogen) atoms. The monoisotopic (exact) mass is 633 g/mol. The highest BCUT2D eigenvalue weighted by Crippen LogP contribution is 2.42. The largest absolute Gasteiger partial charge is 0.472 e. The third-order valence-corrected chi connectivity index (χ3v) is 8.18. The van der Waals surface area contributed by atoms with Crippen molar-refractivity contribution in [2.75, 3.05) is 26.4 Å². The Hall–Kier alpha value is -1.25. The lowest BCUT2D eigenvalue weighted by atomic mass is 10.1. The third kappa shape index (κ3) is 32.0. The molecule has 0 aromatic rings. The molecule has 0 saturated heterocycles. The fourth-order valence-electron chi connectivity index (χ4n) is 4.54. The number of aliphatic hydroxyl groups excluding tert-OH is 1. The van der Waals surface area contributed by atoms with Crippen molar-refractivity contribution < 1.29 is 37.9 Å². The number of aliphatic hydroxyl groups is 1. The van der Waals surface area contributed by atoms with Gasteiger partial charge < -0.3 is 20.1 Å². The minimum atomic E-state index is -4.40. The predicted octanol–water partition coefficient (Wildman–Crippen LogP) is 8.32. The molecule has 1 amide bonds. The zero-order valence-electron chi connectivity index (χ0n) is 27.4. The van der Waals surface area contributed by atoms with Gasteiger partial charge >= 0.3 is 13.8 Å². The number of hydrogen-bond acceptors (Lipinski definition) is 7. The average Bonchev–Trinajstić information content (AvgIpc) is 2.98. The summed E-state index contributed by atoms with van der Waals surface area (Å²) in [6.45, 7) is 3.48. The number of rotatable bonds is 32. The maximum Gasteiger partial charge on any atom is 0.472 e. The number of phosphoric ester groups is 1. The molecule has 2 atom stereocenters. The molecule has 0 radical (unpaired) electrons. The number of phosphoric acid groups is 1. The molecule has 0 heterocycles. The Labute approximate surface area is 262 Å². The Morgan fingerprint density at radius 1 is 0.698 bits per heavy atom. The number of ether oxygens (including phenoxy) is 1. The number of unbranched alkanes of at least 4 members (excludes halogenated alkanes) is 17. The Morgan fingerprint density at radius 2 is 1.21 bits per heavy atom. The zero-order valence-corrected chi connectivity index (χ0v) is 28.3. The number of carbonyl (C=O) groups excluding carboxylic acids is 2. The summed E-state index contributed by atoms with van der Waals surface area (Å²) < 4.78 is 26.6. The second kappa shape index (κ2) is 30.8. The number of esters is 1. The van der Waals surface area contributed by atoms with E-state index in [2.05, 4.69) is 31.3 Å². The molecule has 9 nitrogen and oxygen atoms in total. The van der Waals surface area contributed by atoms with Crippen molar-refractivity contribution in [3.63, 3.8) is 0 Å². The minimum absolute atomic E-state index is 0.0797. The molecule has 0 fully saturated rings. The summed E-state index contributed by atoms with van der Waals surface area (Å²) >= 11 is 0. The molecular formula is C33H64NO8P. The standard InChI is InChI=1S/C33H64NO8P/c1-3-5-7-9-11-13-15-17-19-21-23-25-32(36)34-27-28-41-43(38,39)42-30-31(35)29-40-33(37)26-24-22-20-18-16-14-12-10-8-6-4-2/h9,11,31,35H,3-8,10,12-30H2,1-2H3,(H,34,36)(H,38,39)/b11-9-. The van der Waals surface area contributed by atoms with Crippen LogP contribution in [0.25, 0.3) is 0 Å². The summed E-state index contributed by atoms with van der Waals surface area (Å²) in [6.07, 6.45) is 27.1. The minimum Gasteiger partial charge on any atom is -0.463 e. The quantitative estimate of drug-likeness (QED) is 0.0292. The molecule has 0 rings (SSSR count). The van der Waals surface area contributed by atoms with Crippen molar-refractivity contribution in [3.05, 3.63) is 12.2 Å². The van der Waals surface area contributed by atoms with Gasteiger partial charge in [0.05, 0.1) is 13.2 Å². The average molecular weight is 634 g/mol. The topological polar surface area (TPSA) is 131 Å². The van der Waals surface area contributed by atoms with Gasteiger partial charge in [-0.15, -0.1) is 0 Å². The number of hydrogen-bond donors (Lipinski definition) is 3. The predicted molar refractivity (Wildman–Crippen MR) is 174 cm³/mol. The SMILES string of the molecule is CCCC/C=C\CCCCCCCC(=O)NCCOP(=O)(O)OCC(O)COC(=O)CCCCCCCCCCCCC. The van der Waals surface area contributed by atoms with E-state index >= 15 is 0 Å². The molecule has 2 unspecified atom stereocenters. The van der Waals surface area contributed by atoms with Gasteiger partial charge in [-0.05, 0) is 32.1 Å². The van der Waals surface area contributed by atoms with Crippen molar-refractivity contribution in [3.8, 4) is 0 Å². The van der Waals surface area contributed by atoms with E-state index < -0.39 is 26.5 Å². The van der Waals surface area contributed by atoms with Crippen LogP contribution in [0.3, 0.4) is 0 Å². The Balaban J connectivity index is 3.65. The third-order valence-electron chi connectivity index (χ3n) is 7.20. The van der Waals surface area contributed by atoms with Crippen LogP contribution in [-0.2, 0) is 27.9 Å². The molecule has 3 N–H and O–H groups in total. The van der Waals surface area contributed by atoms with Crippen LogP contribution in [0.4, 0.5) is 0 Å². The van der Waals surface area contributed by atoms with E-state index in [9.17, 15) is 24.2 Å². The van der Waals surface area contributed by atoms with Crippen LogP contribution in [0, 0.1) is 0 Å². The van der Waals surface area contributed by atoms with Crippen LogP contribution in [0.1, 0.15) is 155 Å². The molecule has 0 aliphatic heterocycles. The van der Waals surface area contributed by atoms with E-state index in [0.717, 1.165) is 51.4 Å². The number of amides is 1. The molecular weight excluding hydrogens is 569 g/mol. The fraction of sp³-hybridized carbons (Fsp3) is 0.879. The van der Waals surface area contributed by atoms with Crippen molar-refractivity contribution in [1.82, 2.24) is 5.32 Å². The highest BCUT2D eigenvalue weighted by Gasteiger charge is 2.23. The maximum absolute atomic E-state index is 12.0. The molecule has 0 spiro atoms. The Morgan fingerprint density at radius 3 is 1.81 bits per heavy atom. The first-order valence-corrected chi connectivity index (χ1v) is 18.7. The smallest absolute Gasteiger partial charge is 0.463 e. The fourth-order valence-corrected chi connectivity index (χ4v) is 5.29. The van der Waals surface area contributed by atoms with E-state index in [1.165, 1.54) is 77.0 Å². The van der Waals surface area contributed by atoms with Gasteiger partial charge in [-0.25, -0.2) is 4.57 Å². The Kier molecular flexibility index (Phi) is 29.9. The van der Waals surface area contributed by atoms with Crippen molar-refractivity contribution in [2.45, 2.75) is 161 Å². The van der Waals surface area contributed by atoms with Crippen LogP contribution in [-0.4, -0.2) is 54.3 Å². The Bertz CT molecular complexity index is 734. The van der Waals surface area contributed by atoms with E-state index in [1.807, 2.05) is 0 Å². The van der Waals surface area contributed by atoms with E-state index in [4.69, 9.17) is 13.8 Å². The van der Waals surface area contributed by atoms with Crippen LogP contribution in [0.5, 0.6) is 0 Å². The molecule has 0 aromatic carbocycles. The van der Waals surface area contributed by atoms with Crippen LogP contribution in [0.15, 0.2) is 12.2 Å². The second-order valence-electron chi connectivity index (χ2n) is 11.5. The molecule has 10 heteroatoms. The van der Waals surface area contributed by atoms with Crippen molar-refractivity contribution in [2.24, 2.45) is 0 Å². The molecule has 0 saturated carbocycles. The van der Waals surface area contributed by atoms with Gasteiger partial charge in [-0.3, -0.25) is 18.6 Å². The summed E-state index contributed by atoms with van der Waals surface area (Å²) in [5.74, 6) is -0.527. The number of carbonyl (C=O) groups is 2. The lowest BCUT2D eigenvalue weighted by Crippen LogP contribution is -2.27. The van der Waals surface area contributed by atoms with Crippen molar-refractivity contribution in [1.29, 1.82) is 0 Å². The van der Waals surface area contributed by atoms with Gasteiger partial charge in [-0.1, -0.05) is 122 Å². The van der Waals surface area contributed by atoms with Gasteiger partial charge in [0.15, 0.2) is 0 Å². The summed E-state index contributed by atoms with van der Waals surface area (Å²) in [7, 11) is -4.40. The summed E-state index contributed by atoms with van der Waals surface area (Å²) in [5, 5.41) is 12.6. The lowest BCUT2D eigenvalue weighted by Gasteiger charge is -2.15. The van der Waals surface area contributed by atoms with Gasteiger partial charge in [-0.2, -0.15) is 0 Å². The van der Waals surface area contributed by atoms with Crippen LogP contribution < -0.4 is 5.32 Å². The van der Waals surface area contributed by atoms with Gasteiger partial charge in [0.2, 0.25) is 5.91 Å². The first-order valence-electron chi connectivity index (χ1n) is 17.2. The first-order chi connectivity index (χ1) is 20.8. The molecule has 0 bridgehead atoms. The van der Waals surface area contributed by atoms with Crippen LogP contribution in [0.2, 0.25) is 0 Å². The summed E-state index contributed by atoms with van der Waals surface area (Å²) in [4.78, 5) is 33.6. The van der Waals surface area contributed by atoms with Gasteiger partial charge in [0, 0.05) is 19.4 Å². The van der Waals surface area contributed by atoms with Gasteiger partial charge in [0.25, 0.3) is 0 Å². The summed E-state index contributed by atoms with van der Waals surface area (Å²) in [6, 6.07) is 0. The molecule has 254 valence electrons. The van der Waals surface area contributed by atoms with E-state index in [0.29, 0.717) is 6.42 Å². The first kappa shape index (κ1) is 41.8. The highest BCUT2D eigenvalue weighted by atomic mass is 31.2. The normalized spacial score (nSPS) is 13.7. The van der Waals surface area contributed by atoms with Crippen molar-refractivity contribution >= 4 is 19.7 Å². The molecule has 0 aromatic heterocycles. The number of allylic oxidation sites excluding steroid dienone is 2. The zero-order chi connectivity index (χ0) is 31.9. The van der Waals surface area contributed by atoms with E-state index in [-0.39, 0.29) is 32.1 Å². The van der Waals surface area contributed by atoms with Gasteiger partial charge in [0.1, 0.15) is 12.7 Å². The molecule has 0 aliphatic carbocycles. The second-order valence-corrected chi connectivity index (χ2v) is 12.9. The lowest BCUT2D eigenvalue weighted by molar-refractivity contribution is -0.147. The highest BCUT2D eigenvalue weighted by molar-refractivity contribution is 7.47. The van der Waals surface area contributed by atoms with Crippen LogP contribution >= 0.6 is 7.82 Å². The van der Waals surface area contributed by atoms with E-state index in [1.54, 1.807) is 0 Å². The summed E-state index contributed by atoms with van der Waals surface area (Å²) in [5.41, 5.74) is 0. The number of nitrogens with one attached hydrogen (secondary N) is 1. The molecule has 0 aliphatic rings. The maximum atomic E-state index is 12.0.